The first-order chi connectivity index (χ1) is 7.56. The number of aromatic amines is 1. The highest BCUT2D eigenvalue weighted by Gasteiger charge is 2.24. The van der Waals surface area contributed by atoms with Crippen LogP contribution in [-0.4, -0.2) is 45.5 Å². The van der Waals surface area contributed by atoms with E-state index in [-0.39, 0.29) is 0 Å². The van der Waals surface area contributed by atoms with Gasteiger partial charge in [0.05, 0.1) is 0 Å². The van der Waals surface area contributed by atoms with Crippen molar-refractivity contribution >= 4 is 5.95 Å². The van der Waals surface area contributed by atoms with Crippen LogP contribution in [0.3, 0.4) is 0 Å². The van der Waals surface area contributed by atoms with E-state index < -0.39 is 6.10 Å². The monoisotopic (exact) mass is 225 g/mol. The number of rotatable bonds is 2. The summed E-state index contributed by atoms with van der Waals surface area (Å²) in [6.07, 6.45) is -0.598. The Morgan fingerprint density at radius 2 is 2.00 bits per heavy atom. The topological polar surface area (TPSA) is 77.1 Å². The van der Waals surface area contributed by atoms with E-state index in [2.05, 4.69) is 39.2 Å². The average molecular weight is 225 g/mol. The van der Waals surface area contributed by atoms with E-state index in [0.29, 0.717) is 23.9 Å². The molecule has 1 aliphatic rings. The van der Waals surface area contributed by atoms with Gasteiger partial charge in [-0.15, -0.1) is 5.10 Å². The Hall–Kier alpha value is -1.14. The number of H-pyrrole nitrogens is 1. The predicted octanol–water partition coefficient (Wildman–Crippen LogP) is 0.0446. The van der Waals surface area contributed by atoms with Crippen LogP contribution in [0.5, 0.6) is 0 Å². The third-order valence-corrected chi connectivity index (χ3v) is 2.73. The number of aromatic nitrogens is 3. The summed E-state index contributed by atoms with van der Waals surface area (Å²) >= 11 is 0. The molecule has 0 radical (unpaired) electrons. The second-order valence-corrected chi connectivity index (χ2v) is 4.57. The first-order valence-corrected chi connectivity index (χ1v) is 5.67. The van der Waals surface area contributed by atoms with Gasteiger partial charge in [-0.25, -0.2) is 0 Å². The molecule has 0 saturated carbocycles. The molecule has 0 bridgehead atoms. The van der Waals surface area contributed by atoms with Gasteiger partial charge in [0.25, 0.3) is 0 Å². The van der Waals surface area contributed by atoms with Gasteiger partial charge in [0, 0.05) is 25.2 Å². The van der Waals surface area contributed by atoms with E-state index in [1.165, 1.54) is 0 Å². The van der Waals surface area contributed by atoms with Crippen molar-refractivity contribution in [1.82, 2.24) is 20.5 Å². The van der Waals surface area contributed by atoms with E-state index in [0.717, 1.165) is 13.1 Å². The zero-order chi connectivity index (χ0) is 11.7. The number of aliphatic hydroxyl groups is 1. The van der Waals surface area contributed by atoms with Gasteiger partial charge in [-0.2, -0.15) is 4.98 Å². The summed E-state index contributed by atoms with van der Waals surface area (Å²) in [5.74, 6) is 1.20. The lowest BCUT2D eigenvalue weighted by Crippen LogP contribution is -2.54. The Bertz CT molecular complexity index is 341. The maximum absolute atomic E-state index is 9.37. The Labute approximate surface area is 95.1 Å². The van der Waals surface area contributed by atoms with Gasteiger partial charge in [-0.1, -0.05) is 0 Å². The first-order valence-electron chi connectivity index (χ1n) is 5.67. The predicted molar refractivity (Wildman–Crippen MR) is 61.3 cm³/mol. The molecule has 16 heavy (non-hydrogen) atoms. The second kappa shape index (κ2) is 4.39. The van der Waals surface area contributed by atoms with Crippen LogP contribution in [0.2, 0.25) is 0 Å². The SMILES string of the molecule is CC1CN(c2n[nH]c([C@H](C)O)n2)CC(C)N1. The summed E-state index contributed by atoms with van der Waals surface area (Å²) < 4.78 is 0. The van der Waals surface area contributed by atoms with Crippen LogP contribution in [0.4, 0.5) is 5.95 Å². The third kappa shape index (κ3) is 2.33. The maximum atomic E-state index is 9.37. The molecule has 2 rings (SSSR count). The lowest BCUT2D eigenvalue weighted by Gasteiger charge is -2.35. The Morgan fingerprint density at radius 3 is 2.50 bits per heavy atom. The molecule has 1 aromatic rings. The minimum Gasteiger partial charge on any atom is -0.385 e. The van der Waals surface area contributed by atoms with Gasteiger partial charge in [0.1, 0.15) is 6.10 Å². The third-order valence-electron chi connectivity index (χ3n) is 2.73. The zero-order valence-electron chi connectivity index (χ0n) is 9.94. The maximum Gasteiger partial charge on any atom is 0.244 e. The molecule has 0 amide bonds. The van der Waals surface area contributed by atoms with Crippen molar-refractivity contribution in [2.75, 3.05) is 18.0 Å². The lowest BCUT2D eigenvalue weighted by atomic mass is 10.1. The molecule has 1 fully saturated rings. The standard InChI is InChI=1S/C10H19N5O/c1-6-4-15(5-7(2)11-6)10-12-9(8(3)16)13-14-10/h6-8,11,16H,4-5H2,1-3H3,(H,12,13,14)/t6?,7?,8-/m0/s1. The lowest BCUT2D eigenvalue weighted by molar-refractivity contribution is 0.189. The average Bonchev–Trinajstić information content (AvgIpc) is 2.64. The van der Waals surface area contributed by atoms with Crippen LogP contribution >= 0.6 is 0 Å². The van der Waals surface area contributed by atoms with Crippen LogP contribution in [0.25, 0.3) is 0 Å². The molecule has 2 unspecified atom stereocenters. The molecule has 6 heteroatoms. The minimum atomic E-state index is -0.598. The van der Waals surface area contributed by atoms with Crippen molar-refractivity contribution in [3.05, 3.63) is 5.82 Å². The number of hydrogen-bond donors (Lipinski definition) is 3. The van der Waals surface area contributed by atoms with Crippen molar-refractivity contribution in [3.8, 4) is 0 Å². The fourth-order valence-electron chi connectivity index (χ4n) is 2.08. The molecule has 1 aliphatic heterocycles. The highest BCUT2D eigenvalue weighted by atomic mass is 16.3. The van der Waals surface area contributed by atoms with E-state index in [1.54, 1.807) is 6.92 Å². The van der Waals surface area contributed by atoms with Crippen LogP contribution in [0, 0.1) is 0 Å². The van der Waals surface area contributed by atoms with Crippen LogP contribution < -0.4 is 10.2 Å². The molecule has 6 nitrogen and oxygen atoms in total. The van der Waals surface area contributed by atoms with E-state index >= 15 is 0 Å². The fourth-order valence-corrected chi connectivity index (χ4v) is 2.08. The molecular formula is C10H19N5O. The fraction of sp³-hybridized carbons (Fsp3) is 0.800. The van der Waals surface area contributed by atoms with E-state index in [4.69, 9.17) is 0 Å². The van der Waals surface area contributed by atoms with Gasteiger partial charge in [-0.05, 0) is 20.8 Å². The van der Waals surface area contributed by atoms with Gasteiger partial charge < -0.3 is 15.3 Å². The van der Waals surface area contributed by atoms with Crippen molar-refractivity contribution in [2.24, 2.45) is 0 Å². The second-order valence-electron chi connectivity index (χ2n) is 4.57. The Morgan fingerprint density at radius 1 is 1.38 bits per heavy atom. The van der Waals surface area contributed by atoms with E-state index in [9.17, 15) is 5.11 Å². The molecule has 0 spiro atoms. The number of nitrogens with zero attached hydrogens (tertiary/aromatic N) is 3. The number of hydrogen-bond acceptors (Lipinski definition) is 5. The van der Waals surface area contributed by atoms with Crippen LogP contribution in [-0.2, 0) is 0 Å². The van der Waals surface area contributed by atoms with E-state index in [1.807, 2.05) is 0 Å². The van der Waals surface area contributed by atoms with Crippen molar-refractivity contribution < 1.29 is 5.11 Å². The molecule has 2 heterocycles. The number of piperazine rings is 1. The van der Waals surface area contributed by atoms with Crippen molar-refractivity contribution in [3.63, 3.8) is 0 Å². The minimum absolute atomic E-state index is 0.428. The molecule has 1 aromatic heterocycles. The first kappa shape index (κ1) is 11.3. The normalized spacial score (nSPS) is 28.1. The summed E-state index contributed by atoms with van der Waals surface area (Å²) in [6, 6.07) is 0.856. The van der Waals surface area contributed by atoms with Gasteiger partial charge in [0.15, 0.2) is 5.82 Å². The summed E-state index contributed by atoms with van der Waals surface area (Å²) in [5, 5.41) is 19.7. The van der Waals surface area contributed by atoms with Crippen LogP contribution in [0.15, 0.2) is 0 Å². The van der Waals surface area contributed by atoms with Gasteiger partial charge in [-0.3, -0.25) is 5.10 Å². The molecule has 3 N–H and O–H groups in total. The molecule has 3 atom stereocenters. The molecular weight excluding hydrogens is 206 g/mol. The largest absolute Gasteiger partial charge is 0.385 e. The summed E-state index contributed by atoms with van der Waals surface area (Å²) in [6.45, 7) is 7.74. The number of aliphatic hydroxyl groups excluding tert-OH is 1. The van der Waals surface area contributed by atoms with Crippen molar-refractivity contribution in [1.29, 1.82) is 0 Å². The Balaban J connectivity index is 2.10. The molecule has 90 valence electrons. The summed E-state index contributed by atoms with van der Waals surface area (Å²) in [4.78, 5) is 6.42. The van der Waals surface area contributed by atoms with Gasteiger partial charge >= 0.3 is 0 Å². The Kier molecular flexibility index (Phi) is 3.11. The highest BCUT2D eigenvalue weighted by molar-refractivity contribution is 5.31. The number of anilines is 1. The number of nitrogens with one attached hydrogen (secondary N) is 2. The molecule has 0 aromatic carbocycles. The smallest absolute Gasteiger partial charge is 0.244 e. The summed E-state index contributed by atoms with van der Waals surface area (Å²) in [5.41, 5.74) is 0. The quantitative estimate of drug-likeness (QED) is 0.662. The highest BCUT2D eigenvalue weighted by Crippen LogP contribution is 2.15. The van der Waals surface area contributed by atoms with Crippen LogP contribution in [0.1, 0.15) is 32.7 Å². The molecule has 1 saturated heterocycles. The van der Waals surface area contributed by atoms with Gasteiger partial charge in [0.2, 0.25) is 5.95 Å². The van der Waals surface area contributed by atoms with Crippen molar-refractivity contribution in [2.45, 2.75) is 39.0 Å². The summed E-state index contributed by atoms with van der Waals surface area (Å²) in [7, 11) is 0. The molecule has 0 aliphatic carbocycles. The zero-order valence-corrected chi connectivity index (χ0v) is 9.94.